The zero-order valence-electron chi connectivity index (χ0n) is 8.97. The van der Waals surface area contributed by atoms with Gasteiger partial charge in [0.15, 0.2) is 0 Å². The van der Waals surface area contributed by atoms with Crippen molar-refractivity contribution < 1.29 is 9.47 Å². The van der Waals surface area contributed by atoms with E-state index < -0.39 is 0 Å². The summed E-state index contributed by atoms with van der Waals surface area (Å²) in [6.45, 7) is 6.69. The number of rotatable bonds is 10. The molecule has 0 aromatic heterocycles. The Hall–Kier alpha value is -0.120. The second-order valence-corrected chi connectivity index (χ2v) is 3.06. The molecule has 1 N–H and O–H groups in total. The maximum Gasteiger partial charge on any atom is 0.0590 e. The lowest BCUT2D eigenvalue weighted by Crippen LogP contribution is -2.21. The van der Waals surface area contributed by atoms with Gasteiger partial charge in [-0.3, -0.25) is 0 Å². The topological polar surface area (TPSA) is 30.5 Å². The van der Waals surface area contributed by atoms with E-state index in [-0.39, 0.29) is 0 Å². The highest BCUT2D eigenvalue weighted by molar-refractivity contribution is 4.45. The summed E-state index contributed by atoms with van der Waals surface area (Å²) in [5, 5.41) is 3.32. The second-order valence-electron chi connectivity index (χ2n) is 3.06. The van der Waals surface area contributed by atoms with Gasteiger partial charge in [0.05, 0.1) is 6.61 Å². The van der Waals surface area contributed by atoms with Crippen LogP contribution in [0.4, 0.5) is 0 Å². The van der Waals surface area contributed by atoms with Gasteiger partial charge in [0, 0.05) is 26.9 Å². The molecule has 13 heavy (non-hydrogen) atoms. The van der Waals surface area contributed by atoms with Crippen LogP contribution in [0.3, 0.4) is 0 Å². The molecule has 3 heteroatoms. The lowest BCUT2D eigenvalue weighted by atomic mass is 10.3. The van der Waals surface area contributed by atoms with E-state index in [4.69, 9.17) is 9.47 Å². The van der Waals surface area contributed by atoms with Crippen molar-refractivity contribution in [1.29, 1.82) is 0 Å². The quantitative estimate of drug-likeness (QED) is 0.527. The van der Waals surface area contributed by atoms with Crippen LogP contribution in [0.2, 0.25) is 0 Å². The van der Waals surface area contributed by atoms with Gasteiger partial charge in [-0.1, -0.05) is 13.3 Å². The van der Waals surface area contributed by atoms with Crippen LogP contribution in [0.5, 0.6) is 0 Å². The van der Waals surface area contributed by atoms with Crippen molar-refractivity contribution >= 4 is 0 Å². The van der Waals surface area contributed by atoms with Gasteiger partial charge in [-0.2, -0.15) is 0 Å². The third kappa shape index (κ3) is 11.9. The Morgan fingerprint density at radius 1 is 1.00 bits per heavy atom. The Balaban J connectivity index is 2.76. The summed E-state index contributed by atoms with van der Waals surface area (Å²) in [4.78, 5) is 0. The molecular weight excluding hydrogens is 166 g/mol. The summed E-state index contributed by atoms with van der Waals surface area (Å²) >= 11 is 0. The average molecular weight is 189 g/mol. The van der Waals surface area contributed by atoms with Crippen LogP contribution in [0.25, 0.3) is 0 Å². The van der Waals surface area contributed by atoms with Gasteiger partial charge in [0.1, 0.15) is 0 Å². The standard InChI is InChI=1S/C10H23NO2/c1-3-4-6-11-7-10-13-9-5-8-12-2/h11H,3-10H2,1-2H3. The maximum atomic E-state index is 5.37. The van der Waals surface area contributed by atoms with Crippen molar-refractivity contribution in [2.75, 3.05) is 40.0 Å². The van der Waals surface area contributed by atoms with Gasteiger partial charge >= 0.3 is 0 Å². The van der Waals surface area contributed by atoms with Crippen LogP contribution in [0.1, 0.15) is 26.2 Å². The Kier molecular flexibility index (Phi) is 11.8. The molecule has 0 heterocycles. The molecule has 0 fully saturated rings. The summed E-state index contributed by atoms with van der Waals surface area (Å²) in [7, 11) is 1.71. The first-order chi connectivity index (χ1) is 6.41. The number of unbranched alkanes of at least 4 members (excludes halogenated alkanes) is 1. The largest absolute Gasteiger partial charge is 0.385 e. The van der Waals surface area contributed by atoms with Crippen LogP contribution < -0.4 is 5.32 Å². The summed E-state index contributed by atoms with van der Waals surface area (Å²) < 4.78 is 10.3. The highest BCUT2D eigenvalue weighted by Gasteiger charge is 1.89. The van der Waals surface area contributed by atoms with Gasteiger partial charge in [0.2, 0.25) is 0 Å². The maximum absolute atomic E-state index is 5.37. The van der Waals surface area contributed by atoms with E-state index in [1.54, 1.807) is 7.11 Å². The number of hydrogen-bond acceptors (Lipinski definition) is 3. The van der Waals surface area contributed by atoms with Gasteiger partial charge in [-0.05, 0) is 19.4 Å². The smallest absolute Gasteiger partial charge is 0.0590 e. The van der Waals surface area contributed by atoms with Gasteiger partial charge in [0.25, 0.3) is 0 Å². The van der Waals surface area contributed by atoms with E-state index in [2.05, 4.69) is 12.2 Å². The Morgan fingerprint density at radius 3 is 2.54 bits per heavy atom. The molecule has 0 spiro atoms. The molecule has 0 aliphatic carbocycles. The lowest BCUT2D eigenvalue weighted by Gasteiger charge is -2.05. The highest BCUT2D eigenvalue weighted by Crippen LogP contribution is 1.84. The molecule has 3 nitrogen and oxygen atoms in total. The molecule has 0 amide bonds. The molecule has 0 bridgehead atoms. The van der Waals surface area contributed by atoms with Crippen LogP contribution in [-0.2, 0) is 9.47 Å². The van der Waals surface area contributed by atoms with E-state index in [1.165, 1.54) is 12.8 Å². The zero-order valence-corrected chi connectivity index (χ0v) is 8.97. The number of hydrogen-bond donors (Lipinski definition) is 1. The molecular formula is C10H23NO2. The average Bonchev–Trinajstić information content (AvgIpc) is 2.16. The Bertz CT molecular complexity index is 79.0. The fourth-order valence-electron chi connectivity index (χ4n) is 0.979. The summed E-state index contributed by atoms with van der Waals surface area (Å²) in [6, 6.07) is 0. The van der Waals surface area contributed by atoms with Crippen LogP contribution >= 0.6 is 0 Å². The second kappa shape index (κ2) is 11.9. The lowest BCUT2D eigenvalue weighted by molar-refractivity contribution is 0.104. The third-order valence-corrected chi connectivity index (χ3v) is 1.77. The first-order valence-electron chi connectivity index (χ1n) is 5.19. The number of nitrogens with one attached hydrogen (secondary N) is 1. The minimum atomic E-state index is 0.795. The number of ether oxygens (including phenoxy) is 2. The van der Waals surface area contributed by atoms with E-state index in [0.29, 0.717) is 0 Å². The van der Waals surface area contributed by atoms with Crippen molar-refractivity contribution in [3.8, 4) is 0 Å². The molecule has 0 radical (unpaired) electrons. The van der Waals surface area contributed by atoms with Crippen LogP contribution in [-0.4, -0.2) is 40.0 Å². The first kappa shape index (κ1) is 12.9. The van der Waals surface area contributed by atoms with E-state index >= 15 is 0 Å². The van der Waals surface area contributed by atoms with Crippen LogP contribution in [0.15, 0.2) is 0 Å². The van der Waals surface area contributed by atoms with Crippen molar-refractivity contribution in [3.05, 3.63) is 0 Å². The van der Waals surface area contributed by atoms with Crippen molar-refractivity contribution in [3.63, 3.8) is 0 Å². The van der Waals surface area contributed by atoms with Crippen molar-refractivity contribution in [2.24, 2.45) is 0 Å². The zero-order chi connectivity index (χ0) is 9.78. The molecule has 0 unspecified atom stereocenters. The third-order valence-electron chi connectivity index (χ3n) is 1.77. The predicted molar refractivity (Wildman–Crippen MR) is 55.1 cm³/mol. The fraction of sp³-hybridized carbons (Fsp3) is 1.00. The van der Waals surface area contributed by atoms with Crippen LogP contribution in [0, 0.1) is 0 Å². The SMILES string of the molecule is CCCCNCCOCCCOC. The molecule has 0 atom stereocenters. The summed E-state index contributed by atoms with van der Waals surface area (Å²) in [5.74, 6) is 0. The molecule has 80 valence electrons. The number of methoxy groups -OCH3 is 1. The van der Waals surface area contributed by atoms with Crippen molar-refractivity contribution in [2.45, 2.75) is 26.2 Å². The minimum Gasteiger partial charge on any atom is -0.385 e. The van der Waals surface area contributed by atoms with Crippen molar-refractivity contribution in [1.82, 2.24) is 5.32 Å². The fourth-order valence-corrected chi connectivity index (χ4v) is 0.979. The summed E-state index contributed by atoms with van der Waals surface area (Å²) in [5.41, 5.74) is 0. The van der Waals surface area contributed by atoms with E-state index in [0.717, 1.165) is 39.3 Å². The molecule has 0 aromatic carbocycles. The Morgan fingerprint density at radius 2 is 1.85 bits per heavy atom. The van der Waals surface area contributed by atoms with Gasteiger partial charge in [-0.15, -0.1) is 0 Å². The normalized spacial score (nSPS) is 10.6. The highest BCUT2D eigenvalue weighted by atomic mass is 16.5. The van der Waals surface area contributed by atoms with E-state index in [1.807, 2.05) is 0 Å². The monoisotopic (exact) mass is 189 g/mol. The first-order valence-corrected chi connectivity index (χ1v) is 5.19. The molecule has 0 aromatic rings. The van der Waals surface area contributed by atoms with Gasteiger partial charge in [-0.25, -0.2) is 0 Å². The van der Waals surface area contributed by atoms with E-state index in [9.17, 15) is 0 Å². The molecule has 0 saturated carbocycles. The summed E-state index contributed by atoms with van der Waals surface area (Å²) in [6.07, 6.45) is 3.50. The molecule has 0 rings (SSSR count). The van der Waals surface area contributed by atoms with Gasteiger partial charge < -0.3 is 14.8 Å². The minimum absolute atomic E-state index is 0.795. The predicted octanol–water partition coefficient (Wildman–Crippen LogP) is 1.43. The molecule has 0 aliphatic rings. The Labute approximate surface area is 81.8 Å². The molecule has 0 saturated heterocycles. The molecule has 0 aliphatic heterocycles.